The molecule has 1 atom stereocenters. The Kier molecular flexibility index (Phi) is 5.14. The molecule has 0 bridgehead atoms. The molecule has 1 heterocycles. The van der Waals surface area contributed by atoms with E-state index in [4.69, 9.17) is 0 Å². The average molecular weight is 250 g/mol. The van der Waals surface area contributed by atoms with E-state index in [-0.39, 0.29) is 11.9 Å². The molecular weight excluding hydrogens is 227 g/mol. The largest absolute Gasteiger partial charge is 0.309 e. The summed E-state index contributed by atoms with van der Waals surface area (Å²) in [5.41, 5.74) is 1.05. The van der Waals surface area contributed by atoms with E-state index in [1.807, 2.05) is 6.07 Å². The molecule has 0 radical (unpaired) electrons. The van der Waals surface area contributed by atoms with Gasteiger partial charge in [-0.25, -0.2) is 4.39 Å². The summed E-state index contributed by atoms with van der Waals surface area (Å²) >= 11 is 0. The third-order valence-corrected chi connectivity index (χ3v) is 3.68. The van der Waals surface area contributed by atoms with E-state index in [1.54, 1.807) is 12.1 Å². The van der Waals surface area contributed by atoms with Crippen LogP contribution in [0.5, 0.6) is 0 Å². The highest BCUT2D eigenvalue weighted by molar-refractivity contribution is 5.20. The summed E-state index contributed by atoms with van der Waals surface area (Å²) in [6, 6.07) is 7.19. The first-order valence-electron chi connectivity index (χ1n) is 7.01. The van der Waals surface area contributed by atoms with Crippen LogP contribution in [-0.4, -0.2) is 31.1 Å². The quantitative estimate of drug-likeness (QED) is 0.835. The van der Waals surface area contributed by atoms with Crippen LogP contribution in [0.2, 0.25) is 0 Å². The number of nitrogens with zero attached hydrogens (tertiary/aromatic N) is 1. The second-order valence-electron chi connectivity index (χ2n) is 5.02. The van der Waals surface area contributed by atoms with Gasteiger partial charge in [0.15, 0.2) is 0 Å². The van der Waals surface area contributed by atoms with Crippen molar-refractivity contribution in [1.29, 1.82) is 0 Å². The van der Waals surface area contributed by atoms with Gasteiger partial charge in [-0.15, -0.1) is 0 Å². The Balaban J connectivity index is 1.81. The van der Waals surface area contributed by atoms with E-state index in [1.165, 1.54) is 32.0 Å². The molecule has 1 aromatic rings. The van der Waals surface area contributed by atoms with Gasteiger partial charge in [-0.3, -0.25) is 0 Å². The van der Waals surface area contributed by atoms with Gasteiger partial charge < -0.3 is 10.2 Å². The van der Waals surface area contributed by atoms with Crippen molar-refractivity contribution in [3.05, 3.63) is 35.6 Å². The fourth-order valence-electron chi connectivity index (χ4n) is 2.62. The predicted octanol–water partition coefficient (Wildman–Crippen LogP) is 2.96. The van der Waals surface area contributed by atoms with E-state index < -0.39 is 0 Å². The molecule has 1 fully saturated rings. The highest BCUT2D eigenvalue weighted by atomic mass is 19.1. The van der Waals surface area contributed by atoms with Gasteiger partial charge in [0.25, 0.3) is 0 Å². The van der Waals surface area contributed by atoms with Crippen molar-refractivity contribution >= 4 is 0 Å². The average Bonchev–Trinajstić information content (AvgIpc) is 2.88. The van der Waals surface area contributed by atoms with E-state index >= 15 is 0 Å². The minimum atomic E-state index is -0.146. The number of likely N-dealkylation sites (tertiary alicyclic amines) is 1. The van der Waals surface area contributed by atoms with E-state index in [0.717, 1.165) is 25.1 Å². The first kappa shape index (κ1) is 13.5. The highest BCUT2D eigenvalue weighted by Crippen LogP contribution is 2.17. The maximum absolute atomic E-state index is 13.2. The third kappa shape index (κ3) is 3.79. The molecule has 1 N–H and O–H groups in total. The Morgan fingerprint density at radius 3 is 2.78 bits per heavy atom. The Bertz CT molecular complexity index is 361. The lowest BCUT2D eigenvalue weighted by atomic mass is 10.0. The maximum Gasteiger partial charge on any atom is 0.123 e. The lowest BCUT2D eigenvalue weighted by Gasteiger charge is -2.20. The maximum atomic E-state index is 13.2. The van der Waals surface area contributed by atoms with Crippen LogP contribution in [0.3, 0.4) is 0 Å². The molecule has 0 saturated carbocycles. The lowest BCUT2D eigenvalue weighted by Crippen LogP contribution is -2.32. The van der Waals surface area contributed by atoms with Crippen molar-refractivity contribution in [2.45, 2.75) is 32.2 Å². The predicted molar refractivity (Wildman–Crippen MR) is 73.1 cm³/mol. The zero-order valence-electron chi connectivity index (χ0n) is 11.2. The molecule has 3 heteroatoms. The minimum Gasteiger partial charge on any atom is -0.309 e. The zero-order valence-corrected chi connectivity index (χ0v) is 11.2. The van der Waals surface area contributed by atoms with Crippen LogP contribution in [-0.2, 0) is 0 Å². The molecule has 2 nitrogen and oxygen atoms in total. The Labute approximate surface area is 109 Å². The standard InChI is InChI=1S/C15H23FN2/c1-2-15(13-6-5-7-14(16)12-13)17-8-11-18-9-3-4-10-18/h5-7,12,15,17H,2-4,8-11H2,1H3. The van der Waals surface area contributed by atoms with Gasteiger partial charge >= 0.3 is 0 Å². The molecule has 1 aromatic carbocycles. The summed E-state index contributed by atoms with van der Waals surface area (Å²) < 4.78 is 13.2. The molecule has 1 aliphatic rings. The number of hydrogen-bond donors (Lipinski definition) is 1. The van der Waals surface area contributed by atoms with E-state index in [0.29, 0.717) is 0 Å². The fourth-order valence-corrected chi connectivity index (χ4v) is 2.62. The molecule has 100 valence electrons. The molecule has 1 aliphatic heterocycles. The molecule has 0 amide bonds. The number of halogens is 1. The van der Waals surface area contributed by atoms with Crippen LogP contribution in [0.4, 0.5) is 4.39 Å². The number of benzene rings is 1. The normalized spacial score (nSPS) is 18.1. The summed E-state index contributed by atoms with van der Waals surface area (Å²) in [4.78, 5) is 2.49. The second-order valence-corrected chi connectivity index (χ2v) is 5.02. The van der Waals surface area contributed by atoms with Gasteiger partial charge in [-0.1, -0.05) is 19.1 Å². The first-order chi connectivity index (χ1) is 8.79. The number of rotatable bonds is 6. The topological polar surface area (TPSA) is 15.3 Å². The van der Waals surface area contributed by atoms with Crippen molar-refractivity contribution in [1.82, 2.24) is 10.2 Å². The SMILES string of the molecule is CCC(NCCN1CCCC1)c1cccc(F)c1. The second kappa shape index (κ2) is 6.86. The minimum absolute atomic E-state index is 0.146. The number of hydrogen-bond acceptors (Lipinski definition) is 2. The molecule has 18 heavy (non-hydrogen) atoms. The zero-order chi connectivity index (χ0) is 12.8. The van der Waals surface area contributed by atoms with E-state index in [2.05, 4.69) is 17.1 Å². The molecule has 1 saturated heterocycles. The van der Waals surface area contributed by atoms with Gasteiger partial charge in [0.05, 0.1) is 0 Å². The Morgan fingerprint density at radius 1 is 1.33 bits per heavy atom. The first-order valence-corrected chi connectivity index (χ1v) is 7.01. The summed E-state index contributed by atoms with van der Waals surface area (Å²) in [7, 11) is 0. The van der Waals surface area contributed by atoms with Crippen molar-refractivity contribution in [2.75, 3.05) is 26.2 Å². The monoisotopic (exact) mass is 250 g/mol. The van der Waals surface area contributed by atoms with Crippen LogP contribution < -0.4 is 5.32 Å². The molecular formula is C15H23FN2. The third-order valence-electron chi connectivity index (χ3n) is 3.68. The van der Waals surface area contributed by atoms with Crippen molar-refractivity contribution in [3.63, 3.8) is 0 Å². The Hall–Kier alpha value is -0.930. The Morgan fingerprint density at radius 2 is 2.11 bits per heavy atom. The van der Waals surface area contributed by atoms with Crippen LogP contribution in [0.15, 0.2) is 24.3 Å². The van der Waals surface area contributed by atoms with Crippen LogP contribution in [0.1, 0.15) is 37.8 Å². The van der Waals surface area contributed by atoms with Gasteiger partial charge in [0.2, 0.25) is 0 Å². The summed E-state index contributed by atoms with van der Waals surface area (Å²) in [5, 5.41) is 3.53. The van der Waals surface area contributed by atoms with Gasteiger partial charge in [-0.05, 0) is 50.0 Å². The number of nitrogens with one attached hydrogen (secondary N) is 1. The summed E-state index contributed by atoms with van der Waals surface area (Å²) in [5.74, 6) is -0.146. The van der Waals surface area contributed by atoms with Crippen LogP contribution in [0, 0.1) is 5.82 Å². The molecule has 0 spiro atoms. The van der Waals surface area contributed by atoms with E-state index in [9.17, 15) is 4.39 Å². The molecule has 1 unspecified atom stereocenters. The van der Waals surface area contributed by atoms with Gasteiger partial charge in [-0.2, -0.15) is 0 Å². The van der Waals surface area contributed by atoms with Crippen molar-refractivity contribution in [3.8, 4) is 0 Å². The summed E-state index contributed by atoms with van der Waals surface area (Å²) in [6.07, 6.45) is 3.66. The molecule has 0 aliphatic carbocycles. The summed E-state index contributed by atoms with van der Waals surface area (Å²) in [6.45, 7) is 6.69. The highest BCUT2D eigenvalue weighted by Gasteiger charge is 2.13. The smallest absolute Gasteiger partial charge is 0.123 e. The van der Waals surface area contributed by atoms with Gasteiger partial charge in [0, 0.05) is 19.1 Å². The van der Waals surface area contributed by atoms with Crippen molar-refractivity contribution in [2.24, 2.45) is 0 Å². The lowest BCUT2D eigenvalue weighted by molar-refractivity contribution is 0.326. The van der Waals surface area contributed by atoms with Crippen LogP contribution in [0.25, 0.3) is 0 Å². The van der Waals surface area contributed by atoms with Crippen molar-refractivity contribution < 1.29 is 4.39 Å². The van der Waals surface area contributed by atoms with Crippen LogP contribution >= 0.6 is 0 Å². The fraction of sp³-hybridized carbons (Fsp3) is 0.600. The molecule has 2 rings (SSSR count). The van der Waals surface area contributed by atoms with Gasteiger partial charge in [0.1, 0.15) is 5.82 Å². The molecule has 0 aromatic heterocycles.